The van der Waals surface area contributed by atoms with Crippen molar-refractivity contribution in [1.29, 1.82) is 0 Å². The van der Waals surface area contributed by atoms with Crippen molar-refractivity contribution < 1.29 is 28.3 Å². The molecule has 0 fully saturated rings. The fourth-order valence-electron chi connectivity index (χ4n) is 8.05. The van der Waals surface area contributed by atoms with Gasteiger partial charge in [0.25, 0.3) is 0 Å². The number of ether oxygens (including phenoxy) is 3. The van der Waals surface area contributed by atoms with Crippen molar-refractivity contribution in [3.8, 4) is 0 Å². The molecule has 0 aliphatic rings. The molecular weight excluding hydrogens is 831 g/mol. The number of nitrogens with one attached hydrogen (secondary N) is 1. The van der Waals surface area contributed by atoms with Crippen LogP contribution in [0.15, 0.2) is 10.6 Å². The Morgan fingerprint density at radius 3 is 1.42 bits per heavy atom. The van der Waals surface area contributed by atoms with E-state index >= 15 is 0 Å². The molecule has 0 aliphatic heterocycles. The van der Waals surface area contributed by atoms with Crippen molar-refractivity contribution in [3.05, 3.63) is 17.5 Å². The summed E-state index contributed by atoms with van der Waals surface area (Å²) in [5.41, 5.74) is 0.933. The number of nitrogens with zero attached hydrogens (tertiary/aromatic N) is 2. The maximum atomic E-state index is 10.4. The molecule has 10 heteroatoms. The number of hydrogen-bond acceptors (Lipinski definition) is 10. The highest BCUT2D eigenvalue weighted by atomic mass is 32.2. The summed E-state index contributed by atoms with van der Waals surface area (Å²) in [6, 6.07) is 1.94. The normalized spacial score (nSPS) is 11.7. The molecule has 0 bridgehead atoms. The van der Waals surface area contributed by atoms with Crippen molar-refractivity contribution in [2.24, 2.45) is 0 Å². The van der Waals surface area contributed by atoms with E-state index in [4.69, 9.17) is 18.7 Å². The highest BCUT2D eigenvalue weighted by Gasteiger charge is 2.08. The fraction of sp³-hybridized carbons (Fsp3) is 0.909. The lowest BCUT2D eigenvalue weighted by Gasteiger charge is -2.22. The molecule has 386 valence electrons. The molecule has 1 aromatic rings. The minimum absolute atomic E-state index is 0.457. The molecule has 0 saturated carbocycles. The van der Waals surface area contributed by atoms with Crippen molar-refractivity contribution in [2.75, 3.05) is 47.5 Å². The van der Waals surface area contributed by atoms with E-state index in [0.29, 0.717) is 31.7 Å². The number of aldehydes is 2. The van der Waals surface area contributed by atoms with Gasteiger partial charge in [0.15, 0.2) is 5.76 Å². The van der Waals surface area contributed by atoms with Gasteiger partial charge in [0.05, 0.1) is 23.7 Å². The number of aromatic nitrogens is 1. The molecule has 0 amide bonds. The van der Waals surface area contributed by atoms with Crippen LogP contribution in [0.25, 0.3) is 0 Å². The molecule has 0 radical (unpaired) electrons. The largest absolute Gasteiger partial charge is 0.381 e. The molecule has 1 atom stereocenters. The van der Waals surface area contributed by atoms with Crippen LogP contribution in [0, 0.1) is 0 Å². The van der Waals surface area contributed by atoms with Gasteiger partial charge in [-0.25, -0.2) is 0 Å². The lowest BCUT2D eigenvalue weighted by atomic mass is 10.0. The molecule has 1 aromatic heterocycles. The molecule has 0 aliphatic carbocycles. The molecule has 9 nitrogen and oxygen atoms in total. The maximum absolute atomic E-state index is 10.4. The summed E-state index contributed by atoms with van der Waals surface area (Å²) < 4.78 is 24.6. The summed E-state index contributed by atoms with van der Waals surface area (Å²) in [4.78, 5) is 23.4. The summed E-state index contributed by atoms with van der Waals surface area (Å²) >= 11 is 1.67. The average Bonchev–Trinajstić information content (AvgIpc) is 3.78. The van der Waals surface area contributed by atoms with Gasteiger partial charge >= 0.3 is 0 Å². The summed E-state index contributed by atoms with van der Waals surface area (Å²) in [7, 11) is 5.36. The van der Waals surface area contributed by atoms with Crippen molar-refractivity contribution in [2.45, 2.75) is 277 Å². The van der Waals surface area contributed by atoms with Gasteiger partial charge in [0.1, 0.15) is 19.2 Å². The minimum Gasteiger partial charge on any atom is -0.381 e. The van der Waals surface area contributed by atoms with Gasteiger partial charge in [0, 0.05) is 46.8 Å². The van der Waals surface area contributed by atoms with E-state index in [1.165, 1.54) is 186 Å². The first-order valence-corrected chi connectivity index (χ1v) is 28.4. The number of unbranched alkanes of at least 4 members (excludes halogenated alkanes) is 25. The maximum Gasteiger partial charge on any atom is 0.162 e. The molecule has 1 N–H and O–H groups in total. The first-order valence-electron chi connectivity index (χ1n) is 27.4. The summed E-state index contributed by atoms with van der Waals surface area (Å²) in [5, 5.41) is 4.05. The minimum atomic E-state index is 0.457. The Labute approximate surface area is 408 Å². The zero-order valence-electron chi connectivity index (χ0n) is 44.1. The van der Waals surface area contributed by atoms with Gasteiger partial charge in [-0.1, -0.05) is 199 Å². The predicted molar refractivity (Wildman–Crippen MR) is 281 cm³/mol. The summed E-state index contributed by atoms with van der Waals surface area (Å²) in [6.07, 6.45) is 47.4. The first kappa shape index (κ1) is 65.8. The smallest absolute Gasteiger partial charge is 0.162 e. The van der Waals surface area contributed by atoms with Gasteiger partial charge in [-0.2, -0.15) is 0 Å². The van der Waals surface area contributed by atoms with Crippen LogP contribution >= 0.6 is 11.9 Å². The quantitative estimate of drug-likeness (QED) is 0.0386. The van der Waals surface area contributed by atoms with Gasteiger partial charge in [-0.15, -0.1) is 0 Å². The lowest BCUT2D eigenvalue weighted by molar-refractivity contribution is -0.108. The molecule has 1 rings (SSSR count). The Hall–Kier alpha value is -1.30. The Balaban J connectivity index is 0. The highest BCUT2D eigenvalue weighted by molar-refractivity contribution is 7.96. The second-order valence-corrected chi connectivity index (χ2v) is 19.2. The number of rotatable bonds is 49. The highest BCUT2D eigenvalue weighted by Crippen LogP contribution is 2.17. The third kappa shape index (κ3) is 50.4. The third-order valence-electron chi connectivity index (χ3n) is 12.3. The molecule has 1 unspecified atom stereocenters. The molecular formula is C55H109N3O6S. The van der Waals surface area contributed by atoms with Gasteiger partial charge < -0.3 is 33.2 Å². The van der Waals surface area contributed by atoms with E-state index < -0.39 is 0 Å². The van der Waals surface area contributed by atoms with Crippen molar-refractivity contribution in [3.63, 3.8) is 0 Å². The van der Waals surface area contributed by atoms with E-state index in [1.807, 2.05) is 20.3 Å². The lowest BCUT2D eigenvalue weighted by Crippen LogP contribution is -2.29. The van der Waals surface area contributed by atoms with Crippen LogP contribution in [0.2, 0.25) is 0 Å². The zero-order chi connectivity index (χ0) is 47.9. The molecule has 65 heavy (non-hydrogen) atoms. The fourth-order valence-corrected chi connectivity index (χ4v) is 8.73. The summed E-state index contributed by atoms with van der Waals surface area (Å²) in [6.45, 7) is 13.9. The molecule has 1 heterocycles. The van der Waals surface area contributed by atoms with E-state index in [9.17, 15) is 9.59 Å². The number of carbonyl (C=O) groups is 2. The molecule has 0 spiro atoms. The van der Waals surface area contributed by atoms with Crippen LogP contribution in [0.5, 0.6) is 0 Å². The Bertz CT molecular complexity index is 1010. The van der Waals surface area contributed by atoms with Crippen LogP contribution in [-0.2, 0) is 36.2 Å². The SMILES string of the molecule is CCCCCCCCC(CC)OC.CCCCCCCCC(CCCCCCCC)OC.COCc1cc(CSNCCCN(CCCCCCCC=O)CCCCCCCC=O)no1. The monoisotopic (exact) mass is 940 g/mol. The van der Waals surface area contributed by atoms with E-state index in [2.05, 4.69) is 42.5 Å². The van der Waals surface area contributed by atoms with Gasteiger partial charge in [0.2, 0.25) is 0 Å². The average molecular weight is 941 g/mol. The second kappa shape index (κ2) is 57.0. The van der Waals surface area contributed by atoms with Gasteiger partial charge in [-0.05, 0) is 77.4 Å². The zero-order valence-corrected chi connectivity index (χ0v) is 44.9. The first-order chi connectivity index (χ1) is 32.0. The van der Waals surface area contributed by atoms with Crippen LogP contribution in [0.1, 0.15) is 264 Å². The van der Waals surface area contributed by atoms with Crippen LogP contribution in [-0.4, -0.2) is 82.3 Å². The Morgan fingerprint density at radius 1 is 0.569 bits per heavy atom. The number of hydrogen-bond donors (Lipinski definition) is 1. The van der Waals surface area contributed by atoms with Crippen LogP contribution in [0.4, 0.5) is 0 Å². The van der Waals surface area contributed by atoms with Crippen molar-refractivity contribution in [1.82, 2.24) is 14.8 Å². The van der Waals surface area contributed by atoms with Crippen LogP contribution in [0.3, 0.4) is 0 Å². The Kier molecular flexibility index (Phi) is 57.7. The van der Waals surface area contributed by atoms with Crippen molar-refractivity contribution >= 4 is 24.5 Å². The number of methoxy groups -OCH3 is 3. The Morgan fingerprint density at radius 2 is 0.985 bits per heavy atom. The standard InChI is InChI=1S/C25H45N3O4S.C18H38O.C12H26O/c1-31-22-25-21-24(27-32-25)23-33-26-15-14-18-28(16-10-6-2-4-8-12-19-29)17-11-7-3-5-9-13-20-30;1-4-6-8-10-12-14-16-18(19-3)17-15-13-11-9-7-5-2;1-4-6-7-8-9-10-11-12(5-2)13-3/h19-21,26H,2-18,22-23H2,1H3;18H,4-17H2,1-3H3;12H,4-11H2,1-3H3. The molecule has 0 saturated heterocycles. The third-order valence-corrected chi connectivity index (χ3v) is 13.2. The van der Waals surface area contributed by atoms with E-state index in [0.717, 1.165) is 81.6 Å². The van der Waals surface area contributed by atoms with E-state index in [-0.39, 0.29) is 0 Å². The van der Waals surface area contributed by atoms with Gasteiger partial charge in [-0.3, -0.25) is 4.72 Å². The van der Waals surface area contributed by atoms with Crippen LogP contribution < -0.4 is 4.72 Å². The number of carbonyl (C=O) groups excluding carboxylic acids is 2. The second-order valence-electron chi connectivity index (χ2n) is 18.3. The molecule has 0 aromatic carbocycles. The summed E-state index contributed by atoms with van der Waals surface area (Å²) in [5.74, 6) is 1.54. The van der Waals surface area contributed by atoms with E-state index in [1.54, 1.807) is 19.1 Å². The predicted octanol–water partition coefficient (Wildman–Crippen LogP) is 16.0. The topological polar surface area (TPSA) is 103 Å².